The van der Waals surface area contributed by atoms with E-state index in [1.807, 2.05) is 36.4 Å². The number of halogens is 1. The summed E-state index contributed by atoms with van der Waals surface area (Å²) >= 11 is 6.34. The van der Waals surface area contributed by atoms with Crippen LogP contribution in [0.25, 0.3) is 22.2 Å². The highest BCUT2D eigenvalue weighted by Crippen LogP contribution is 2.37. The Hall–Kier alpha value is -3.51. The average Bonchev–Trinajstić information content (AvgIpc) is 3.08. The zero-order valence-electron chi connectivity index (χ0n) is 15.0. The average molecular weight is 393 g/mol. The lowest BCUT2D eigenvalue weighted by Crippen LogP contribution is -2.19. The molecule has 7 heteroatoms. The molecule has 0 saturated carbocycles. The number of hydrogen-bond donors (Lipinski definition) is 3. The topological polar surface area (TPSA) is 79.0 Å². The SMILES string of the molecule is COc1cccc(NC(=O)Nc2c(-c3ccncc3)[nH]c3c(Cl)cccc23)c1. The Labute approximate surface area is 166 Å². The Kier molecular flexibility index (Phi) is 4.87. The number of pyridine rings is 1. The summed E-state index contributed by atoms with van der Waals surface area (Å²) in [6, 6.07) is 16.1. The van der Waals surface area contributed by atoms with Gasteiger partial charge in [0.15, 0.2) is 0 Å². The van der Waals surface area contributed by atoms with Gasteiger partial charge in [0.05, 0.1) is 29.0 Å². The van der Waals surface area contributed by atoms with Crippen LogP contribution >= 0.6 is 11.6 Å². The first-order chi connectivity index (χ1) is 13.7. The van der Waals surface area contributed by atoms with Crippen LogP contribution in [-0.4, -0.2) is 23.1 Å². The van der Waals surface area contributed by atoms with Gasteiger partial charge in [-0.05, 0) is 30.3 Å². The molecule has 0 atom stereocenters. The molecule has 2 aromatic carbocycles. The Balaban J connectivity index is 1.71. The zero-order chi connectivity index (χ0) is 19.5. The molecular formula is C21H17ClN4O2. The summed E-state index contributed by atoms with van der Waals surface area (Å²) in [7, 11) is 1.58. The minimum atomic E-state index is -0.371. The van der Waals surface area contributed by atoms with Crippen LogP contribution in [0.15, 0.2) is 67.0 Å². The van der Waals surface area contributed by atoms with Gasteiger partial charge in [-0.25, -0.2) is 4.79 Å². The molecule has 0 saturated heterocycles. The smallest absolute Gasteiger partial charge is 0.323 e. The maximum atomic E-state index is 12.7. The van der Waals surface area contributed by atoms with Crippen molar-refractivity contribution in [2.45, 2.75) is 0 Å². The number of aromatic nitrogens is 2. The van der Waals surface area contributed by atoms with E-state index in [9.17, 15) is 4.79 Å². The van der Waals surface area contributed by atoms with Crippen LogP contribution < -0.4 is 15.4 Å². The van der Waals surface area contributed by atoms with Crippen LogP contribution in [0.2, 0.25) is 5.02 Å². The monoisotopic (exact) mass is 392 g/mol. The van der Waals surface area contributed by atoms with Crippen molar-refractivity contribution in [3.05, 3.63) is 72.0 Å². The van der Waals surface area contributed by atoms with Gasteiger partial charge in [-0.15, -0.1) is 0 Å². The number of aromatic amines is 1. The van der Waals surface area contributed by atoms with Gasteiger partial charge in [-0.3, -0.25) is 4.98 Å². The summed E-state index contributed by atoms with van der Waals surface area (Å²) in [6.45, 7) is 0. The van der Waals surface area contributed by atoms with E-state index in [2.05, 4.69) is 20.6 Å². The number of carbonyl (C=O) groups excluding carboxylic acids is 1. The maximum absolute atomic E-state index is 12.7. The molecule has 0 radical (unpaired) electrons. The van der Waals surface area contributed by atoms with Crippen LogP contribution in [0.4, 0.5) is 16.2 Å². The molecule has 0 aliphatic rings. The molecule has 2 amide bonds. The van der Waals surface area contributed by atoms with Crippen LogP contribution in [0.3, 0.4) is 0 Å². The molecule has 0 fully saturated rings. The molecule has 3 N–H and O–H groups in total. The molecule has 2 heterocycles. The predicted octanol–water partition coefficient (Wildman–Crippen LogP) is 5.54. The van der Waals surface area contributed by atoms with Crippen LogP contribution in [0, 0.1) is 0 Å². The highest BCUT2D eigenvalue weighted by Gasteiger charge is 2.17. The van der Waals surface area contributed by atoms with Gasteiger partial charge in [0.2, 0.25) is 0 Å². The van der Waals surface area contributed by atoms with Gasteiger partial charge in [0.25, 0.3) is 0 Å². The van der Waals surface area contributed by atoms with Crippen LogP contribution in [-0.2, 0) is 0 Å². The number of hydrogen-bond acceptors (Lipinski definition) is 3. The number of carbonyl (C=O) groups is 1. The van der Waals surface area contributed by atoms with E-state index in [1.54, 1.807) is 37.7 Å². The fourth-order valence-corrected chi connectivity index (χ4v) is 3.25. The number of rotatable bonds is 4. The van der Waals surface area contributed by atoms with E-state index >= 15 is 0 Å². The Morgan fingerprint density at radius 2 is 1.86 bits per heavy atom. The lowest BCUT2D eigenvalue weighted by Gasteiger charge is -2.10. The van der Waals surface area contributed by atoms with Crippen LogP contribution in [0.5, 0.6) is 5.75 Å². The minimum Gasteiger partial charge on any atom is -0.497 e. The number of nitrogens with one attached hydrogen (secondary N) is 3. The van der Waals surface area contributed by atoms with E-state index in [0.29, 0.717) is 22.1 Å². The van der Waals surface area contributed by atoms with Gasteiger partial charge in [0.1, 0.15) is 5.75 Å². The van der Waals surface area contributed by atoms with E-state index in [0.717, 1.165) is 22.2 Å². The van der Waals surface area contributed by atoms with Crippen molar-refractivity contribution in [3.8, 4) is 17.0 Å². The second kappa shape index (κ2) is 7.62. The minimum absolute atomic E-state index is 0.371. The summed E-state index contributed by atoms with van der Waals surface area (Å²) in [4.78, 5) is 20.0. The van der Waals surface area contributed by atoms with Gasteiger partial charge in [-0.1, -0.05) is 29.8 Å². The lowest BCUT2D eigenvalue weighted by atomic mass is 10.1. The molecule has 0 aliphatic carbocycles. The third-order valence-corrected chi connectivity index (χ3v) is 4.63. The maximum Gasteiger partial charge on any atom is 0.323 e. The number of urea groups is 1. The number of anilines is 2. The van der Waals surface area contributed by atoms with Gasteiger partial charge in [-0.2, -0.15) is 0 Å². The largest absolute Gasteiger partial charge is 0.497 e. The van der Waals surface area contributed by atoms with Crippen molar-refractivity contribution >= 4 is 39.9 Å². The number of ether oxygens (including phenoxy) is 1. The van der Waals surface area contributed by atoms with E-state index < -0.39 is 0 Å². The normalized spacial score (nSPS) is 10.6. The van der Waals surface area contributed by atoms with Crippen molar-refractivity contribution in [2.75, 3.05) is 17.7 Å². The van der Waals surface area contributed by atoms with Crippen molar-refractivity contribution in [1.29, 1.82) is 0 Å². The fourth-order valence-electron chi connectivity index (χ4n) is 3.02. The standard InChI is InChI=1S/C21H17ClN4O2/c1-28-15-5-2-4-14(12-15)24-21(27)26-20-16-6-3-7-17(22)19(16)25-18(20)13-8-10-23-11-9-13/h2-12,25H,1H3,(H2,24,26,27). The van der Waals surface area contributed by atoms with Gasteiger partial charge >= 0.3 is 6.03 Å². The molecule has 2 aromatic heterocycles. The highest BCUT2D eigenvalue weighted by molar-refractivity contribution is 6.36. The predicted molar refractivity (Wildman–Crippen MR) is 112 cm³/mol. The summed E-state index contributed by atoms with van der Waals surface area (Å²) < 4.78 is 5.19. The molecule has 0 spiro atoms. The highest BCUT2D eigenvalue weighted by atomic mass is 35.5. The second-order valence-corrected chi connectivity index (χ2v) is 6.49. The van der Waals surface area contributed by atoms with Crippen molar-refractivity contribution in [3.63, 3.8) is 0 Å². The lowest BCUT2D eigenvalue weighted by molar-refractivity contribution is 0.262. The third kappa shape index (κ3) is 3.50. The fraction of sp³-hybridized carbons (Fsp3) is 0.0476. The summed E-state index contributed by atoms with van der Waals surface area (Å²) in [5.74, 6) is 0.661. The quantitative estimate of drug-likeness (QED) is 0.427. The third-order valence-electron chi connectivity index (χ3n) is 4.32. The van der Waals surface area contributed by atoms with Crippen molar-refractivity contribution in [2.24, 2.45) is 0 Å². The number of para-hydroxylation sites is 1. The number of H-pyrrole nitrogens is 1. The zero-order valence-corrected chi connectivity index (χ0v) is 15.7. The first kappa shape index (κ1) is 17.9. The molecule has 4 rings (SSSR count). The Morgan fingerprint density at radius 1 is 1.07 bits per heavy atom. The molecule has 0 aliphatic heterocycles. The molecular weight excluding hydrogens is 376 g/mol. The molecule has 6 nitrogen and oxygen atoms in total. The van der Waals surface area contributed by atoms with Gasteiger partial charge < -0.3 is 20.4 Å². The molecule has 0 bridgehead atoms. The Morgan fingerprint density at radius 3 is 2.64 bits per heavy atom. The number of benzene rings is 2. The number of amides is 2. The summed E-state index contributed by atoms with van der Waals surface area (Å²) in [6.07, 6.45) is 3.39. The number of methoxy groups -OCH3 is 1. The van der Waals surface area contributed by atoms with E-state index in [1.165, 1.54) is 0 Å². The molecule has 140 valence electrons. The van der Waals surface area contributed by atoms with Gasteiger partial charge in [0, 0.05) is 35.1 Å². The first-order valence-corrected chi connectivity index (χ1v) is 8.96. The molecule has 0 unspecified atom stereocenters. The summed E-state index contributed by atoms with van der Waals surface area (Å²) in [5.41, 5.74) is 3.67. The molecule has 4 aromatic rings. The Bertz CT molecular complexity index is 1140. The van der Waals surface area contributed by atoms with E-state index in [4.69, 9.17) is 16.3 Å². The van der Waals surface area contributed by atoms with E-state index in [-0.39, 0.29) is 6.03 Å². The van der Waals surface area contributed by atoms with Crippen molar-refractivity contribution < 1.29 is 9.53 Å². The summed E-state index contributed by atoms with van der Waals surface area (Å²) in [5, 5.41) is 7.17. The number of nitrogens with zero attached hydrogens (tertiary/aromatic N) is 1. The van der Waals surface area contributed by atoms with Crippen LogP contribution in [0.1, 0.15) is 0 Å². The van der Waals surface area contributed by atoms with Crippen molar-refractivity contribution in [1.82, 2.24) is 9.97 Å². The number of fused-ring (bicyclic) bond motifs is 1. The molecule has 28 heavy (non-hydrogen) atoms. The second-order valence-electron chi connectivity index (χ2n) is 6.08. The first-order valence-electron chi connectivity index (χ1n) is 8.58.